The third-order valence-corrected chi connectivity index (χ3v) is 5.13. The van der Waals surface area contributed by atoms with Crippen molar-refractivity contribution in [1.82, 2.24) is 14.9 Å². The second-order valence-electron chi connectivity index (χ2n) is 6.43. The van der Waals surface area contributed by atoms with Gasteiger partial charge in [-0.2, -0.15) is 0 Å². The number of quaternary nitrogens is 1. The second kappa shape index (κ2) is 5.45. The Morgan fingerprint density at radius 1 is 1.35 bits per heavy atom. The number of benzene rings is 1. The number of hydrogen-bond donors (Lipinski definition) is 2. The lowest BCUT2D eigenvalue weighted by molar-refractivity contribution is -0.743. The summed E-state index contributed by atoms with van der Waals surface area (Å²) in [5, 5.41) is 2.38. The zero-order chi connectivity index (χ0) is 15.9. The first-order valence-corrected chi connectivity index (χ1v) is 8.10. The molecule has 4 rings (SSSR count). The summed E-state index contributed by atoms with van der Waals surface area (Å²) in [5.41, 5.74) is 2.81. The average molecular weight is 315 g/mol. The maximum absolute atomic E-state index is 13.3. The highest BCUT2D eigenvalue weighted by atomic mass is 19.1. The number of nitrogens with one attached hydrogen (secondary N) is 1. The van der Waals surface area contributed by atoms with E-state index >= 15 is 0 Å². The number of hydrogen-bond acceptors (Lipinski definition) is 2. The summed E-state index contributed by atoms with van der Waals surface area (Å²) in [6, 6.07) is 5.93. The molecule has 1 amide bonds. The number of aromatic amines is 1. The van der Waals surface area contributed by atoms with Gasteiger partial charge in [-0.1, -0.05) is 6.07 Å². The van der Waals surface area contributed by atoms with Gasteiger partial charge in [0.1, 0.15) is 17.1 Å². The van der Waals surface area contributed by atoms with Crippen molar-refractivity contribution >= 4 is 5.91 Å². The minimum atomic E-state index is -0.369. The molecule has 23 heavy (non-hydrogen) atoms. The van der Waals surface area contributed by atoms with Crippen LogP contribution in [0.1, 0.15) is 34.6 Å². The van der Waals surface area contributed by atoms with Crippen LogP contribution in [-0.4, -0.2) is 40.4 Å². The van der Waals surface area contributed by atoms with Crippen molar-refractivity contribution in [1.29, 1.82) is 0 Å². The zero-order valence-electron chi connectivity index (χ0n) is 12.9. The predicted octanol–water partition coefficient (Wildman–Crippen LogP) is 0.800. The molecule has 5 nitrogen and oxygen atoms in total. The fraction of sp³-hybridized carbons (Fsp3) is 0.412. The molecule has 2 aliphatic rings. The SMILES string of the molecule is O=C(c1cccc(F)c1)N1CCC2(CC1)[NH2+]CCc1[nH]cnc12. The van der Waals surface area contributed by atoms with E-state index < -0.39 is 0 Å². The van der Waals surface area contributed by atoms with Gasteiger partial charge in [-0.15, -0.1) is 0 Å². The summed E-state index contributed by atoms with van der Waals surface area (Å²) in [6.07, 6.45) is 4.55. The molecular formula is C17H20FN4O+. The molecule has 0 saturated carbocycles. The molecule has 1 spiro atoms. The number of imidazole rings is 1. The number of rotatable bonds is 1. The number of H-pyrrole nitrogens is 1. The van der Waals surface area contributed by atoms with Crippen molar-refractivity contribution in [2.75, 3.05) is 19.6 Å². The molecule has 0 unspecified atom stereocenters. The summed E-state index contributed by atoms with van der Waals surface area (Å²) in [6.45, 7) is 2.41. The minimum Gasteiger partial charge on any atom is -0.348 e. The number of halogens is 1. The first-order chi connectivity index (χ1) is 11.2. The number of aromatic nitrogens is 2. The molecule has 1 fully saturated rings. The Morgan fingerprint density at radius 3 is 2.96 bits per heavy atom. The predicted molar refractivity (Wildman–Crippen MR) is 82.3 cm³/mol. The normalized spacial score (nSPS) is 19.6. The molecule has 3 heterocycles. The highest BCUT2D eigenvalue weighted by Crippen LogP contribution is 2.32. The van der Waals surface area contributed by atoms with Crippen molar-refractivity contribution in [3.05, 3.63) is 53.4 Å². The van der Waals surface area contributed by atoms with E-state index in [0.29, 0.717) is 18.7 Å². The molecule has 0 bridgehead atoms. The summed E-state index contributed by atoms with van der Waals surface area (Å²) in [7, 11) is 0. The van der Waals surface area contributed by atoms with Gasteiger partial charge in [0, 0.05) is 43.6 Å². The number of likely N-dealkylation sites (tertiary alicyclic amines) is 1. The second-order valence-corrected chi connectivity index (χ2v) is 6.43. The lowest BCUT2D eigenvalue weighted by Crippen LogP contribution is -2.97. The third kappa shape index (κ3) is 2.43. The van der Waals surface area contributed by atoms with Gasteiger partial charge in [-0.25, -0.2) is 9.37 Å². The van der Waals surface area contributed by atoms with Crippen LogP contribution in [0.2, 0.25) is 0 Å². The number of fused-ring (bicyclic) bond motifs is 2. The van der Waals surface area contributed by atoms with E-state index in [1.807, 2.05) is 4.90 Å². The lowest BCUT2D eigenvalue weighted by atomic mass is 9.80. The number of piperidine rings is 1. The minimum absolute atomic E-state index is 0.00764. The van der Waals surface area contributed by atoms with E-state index in [0.717, 1.165) is 31.5 Å². The van der Waals surface area contributed by atoms with Gasteiger partial charge in [-0.3, -0.25) is 4.79 Å². The fourth-order valence-corrected chi connectivity index (χ4v) is 3.88. The molecule has 3 N–H and O–H groups in total. The quantitative estimate of drug-likeness (QED) is 0.817. The van der Waals surface area contributed by atoms with Crippen molar-refractivity contribution in [3.63, 3.8) is 0 Å². The Labute approximate surface area is 133 Å². The summed E-state index contributed by atoms with van der Waals surface area (Å²) in [5.74, 6) is -0.455. The summed E-state index contributed by atoms with van der Waals surface area (Å²) < 4.78 is 13.3. The van der Waals surface area contributed by atoms with Crippen molar-refractivity contribution in [3.8, 4) is 0 Å². The number of nitrogens with two attached hydrogens (primary N) is 1. The Morgan fingerprint density at radius 2 is 2.17 bits per heavy atom. The number of amides is 1. The van der Waals surface area contributed by atoms with Crippen LogP contribution in [0.4, 0.5) is 4.39 Å². The molecule has 2 aliphatic heterocycles. The van der Waals surface area contributed by atoms with Gasteiger partial charge < -0.3 is 15.2 Å². The molecule has 0 radical (unpaired) electrons. The highest BCUT2D eigenvalue weighted by molar-refractivity contribution is 5.94. The summed E-state index contributed by atoms with van der Waals surface area (Å²) in [4.78, 5) is 22.1. The van der Waals surface area contributed by atoms with Crippen LogP contribution < -0.4 is 5.32 Å². The molecule has 2 aromatic rings. The van der Waals surface area contributed by atoms with Gasteiger partial charge >= 0.3 is 0 Å². The molecule has 0 atom stereocenters. The van der Waals surface area contributed by atoms with Crippen LogP contribution in [0, 0.1) is 5.82 Å². The van der Waals surface area contributed by atoms with Crippen molar-refractivity contribution in [2.24, 2.45) is 0 Å². The smallest absolute Gasteiger partial charge is 0.253 e. The number of nitrogens with zero attached hydrogens (tertiary/aromatic N) is 2. The third-order valence-electron chi connectivity index (χ3n) is 5.13. The average Bonchev–Trinajstić information content (AvgIpc) is 3.05. The molecule has 0 aliphatic carbocycles. The lowest BCUT2D eigenvalue weighted by Gasteiger charge is -2.41. The molecule has 1 saturated heterocycles. The van der Waals surface area contributed by atoms with Crippen molar-refractivity contribution < 1.29 is 14.5 Å². The molecule has 120 valence electrons. The Hall–Kier alpha value is -2.21. The van der Waals surface area contributed by atoms with Crippen LogP contribution in [0.15, 0.2) is 30.6 Å². The van der Waals surface area contributed by atoms with Gasteiger partial charge in [0.25, 0.3) is 5.91 Å². The first-order valence-electron chi connectivity index (χ1n) is 8.10. The van der Waals surface area contributed by atoms with E-state index in [2.05, 4.69) is 15.3 Å². The Kier molecular flexibility index (Phi) is 3.41. The zero-order valence-corrected chi connectivity index (χ0v) is 12.9. The van der Waals surface area contributed by atoms with E-state index in [1.165, 1.54) is 17.8 Å². The van der Waals surface area contributed by atoms with Crippen LogP contribution in [0.25, 0.3) is 0 Å². The van der Waals surface area contributed by atoms with Gasteiger partial charge in [0.15, 0.2) is 0 Å². The van der Waals surface area contributed by atoms with E-state index in [-0.39, 0.29) is 17.3 Å². The van der Waals surface area contributed by atoms with Crippen LogP contribution >= 0.6 is 0 Å². The molecule has 1 aromatic carbocycles. The number of carbonyl (C=O) groups is 1. The van der Waals surface area contributed by atoms with Gasteiger partial charge in [0.05, 0.1) is 12.9 Å². The van der Waals surface area contributed by atoms with Crippen LogP contribution in [0.5, 0.6) is 0 Å². The monoisotopic (exact) mass is 315 g/mol. The van der Waals surface area contributed by atoms with E-state index in [4.69, 9.17) is 0 Å². The van der Waals surface area contributed by atoms with Crippen LogP contribution in [-0.2, 0) is 12.0 Å². The first kappa shape index (κ1) is 14.4. The summed E-state index contributed by atoms with van der Waals surface area (Å²) >= 11 is 0. The molecule has 1 aromatic heterocycles. The Balaban J connectivity index is 1.51. The topological polar surface area (TPSA) is 65.6 Å². The highest BCUT2D eigenvalue weighted by Gasteiger charge is 2.45. The van der Waals surface area contributed by atoms with E-state index in [1.54, 1.807) is 18.5 Å². The maximum atomic E-state index is 13.3. The molecule has 6 heteroatoms. The van der Waals surface area contributed by atoms with Gasteiger partial charge in [0.2, 0.25) is 0 Å². The largest absolute Gasteiger partial charge is 0.348 e. The maximum Gasteiger partial charge on any atom is 0.253 e. The molecular weight excluding hydrogens is 295 g/mol. The van der Waals surface area contributed by atoms with Crippen molar-refractivity contribution in [2.45, 2.75) is 24.8 Å². The fourth-order valence-electron chi connectivity index (χ4n) is 3.88. The number of carbonyl (C=O) groups excluding carboxylic acids is 1. The van der Waals surface area contributed by atoms with Gasteiger partial charge in [-0.05, 0) is 18.2 Å². The Bertz CT molecular complexity index is 734. The van der Waals surface area contributed by atoms with E-state index in [9.17, 15) is 9.18 Å². The standard InChI is InChI=1S/C17H19FN4O/c18-13-3-1-2-12(10-13)16(23)22-8-5-17(6-9-22)15-14(4-7-21-17)19-11-20-15/h1-3,10-11,21H,4-9H2,(H,19,20)/p+1. The van der Waals surface area contributed by atoms with Crippen LogP contribution in [0.3, 0.4) is 0 Å².